The summed E-state index contributed by atoms with van der Waals surface area (Å²) in [5.41, 5.74) is 9.92. The van der Waals surface area contributed by atoms with Crippen LogP contribution in [0.5, 0.6) is 0 Å². The summed E-state index contributed by atoms with van der Waals surface area (Å²) in [7, 11) is 0. The Morgan fingerprint density at radius 2 is 1.76 bits per heavy atom. The molecule has 2 aromatic rings. The Hall–Kier alpha value is -1.74. The second kappa shape index (κ2) is 5.06. The van der Waals surface area contributed by atoms with E-state index in [0.717, 1.165) is 29.2 Å². The minimum atomic E-state index is 0.615. The average molecular weight is 227 g/mol. The van der Waals surface area contributed by atoms with Crippen molar-refractivity contribution in [1.82, 2.24) is 9.97 Å². The maximum absolute atomic E-state index is 5.56. The Labute approximate surface area is 102 Å². The van der Waals surface area contributed by atoms with Crippen molar-refractivity contribution in [2.45, 2.75) is 20.3 Å². The third-order valence-electron chi connectivity index (χ3n) is 2.64. The maximum atomic E-state index is 5.56. The highest BCUT2D eigenvalue weighted by Gasteiger charge is 2.03. The van der Waals surface area contributed by atoms with Gasteiger partial charge < -0.3 is 5.73 Å². The van der Waals surface area contributed by atoms with E-state index in [9.17, 15) is 0 Å². The number of nitrogens with two attached hydrogens (primary N) is 1. The molecule has 0 aliphatic heterocycles. The molecule has 0 saturated heterocycles. The van der Waals surface area contributed by atoms with Gasteiger partial charge >= 0.3 is 0 Å². The Bertz CT molecular complexity index is 503. The number of benzene rings is 1. The lowest BCUT2D eigenvalue weighted by Crippen LogP contribution is -2.06. The van der Waals surface area contributed by atoms with Gasteiger partial charge in [-0.25, -0.2) is 9.97 Å². The van der Waals surface area contributed by atoms with Crippen LogP contribution in [0.2, 0.25) is 0 Å². The lowest BCUT2D eigenvalue weighted by molar-refractivity contribution is 0.890. The molecule has 3 nitrogen and oxygen atoms in total. The van der Waals surface area contributed by atoms with Crippen LogP contribution in [0.25, 0.3) is 11.3 Å². The lowest BCUT2D eigenvalue weighted by Gasteiger charge is -2.06. The molecule has 2 rings (SSSR count). The summed E-state index contributed by atoms with van der Waals surface area (Å²) in [4.78, 5) is 8.84. The van der Waals surface area contributed by atoms with Crippen molar-refractivity contribution in [2.75, 3.05) is 6.54 Å². The SMILES string of the molecule is Cc1ccc(-c2cc(CCN)nc(C)n2)cc1. The smallest absolute Gasteiger partial charge is 0.126 e. The van der Waals surface area contributed by atoms with Gasteiger partial charge in [-0.2, -0.15) is 0 Å². The largest absolute Gasteiger partial charge is 0.330 e. The van der Waals surface area contributed by atoms with E-state index in [1.54, 1.807) is 0 Å². The maximum Gasteiger partial charge on any atom is 0.126 e. The third kappa shape index (κ3) is 2.88. The van der Waals surface area contributed by atoms with E-state index < -0.39 is 0 Å². The second-order valence-corrected chi connectivity index (χ2v) is 4.20. The van der Waals surface area contributed by atoms with Gasteiger partial charge in [0.25, 0.3) is 0 Å². The Morgan fingerprint density at radius 3 is 2.41 bits per heavy atom. The molecule has 0 atom stereocenters. The molecule has 88 valence electrons. The predicted octanol–water partition coefficient (Wildman–Crippen LogP) is 2.26. The summed E-state index contributed by atoms with van der Waals surface area (Å²) in [5.74, 6) is 0.798. The number of rotatable bonds is 3. The molecule has 3 heteroatoms. The minimum Gasteiger partial charge on any atom is -0.330 e. The van der Waals surface area contributed by atoms with Gasteiger partial charge in [-0.15, -0.1) is 0 Å². The number of aryl methyl sites for hydroxylation is 2. The first-order valence-corrected chi connectivity index (χ1v) is 5.80. The van der Waals surface area contributed by atoms with Crippen LogP contribution in [0.4, 0.5) is 0 Å². The summed E-state index contributed by atoms with van der Waals surface area (Å²) in [6.45, 7) is 4.61. The molecule has 0 bridgehead atoms. The highest BCUT2D eigenvalue weighted by molar-refractivity contribution is 5.59. The Morgan fingerprint density at radius 1 is 1.06 bits per heavy atom. The summed E-state index contributed by atoms with van der Waals surface area (Å²) in [6, 6.07) is 10.4. The van der Waals surface area contributed by atoms with Crippen LogP contribution in [-0.4, -0.2) is 16.5 Å². The number of hydrogen-bond acceptors (Lipinski definition) is 3. The number of aromatic nitrogens is 2. The van der Waals surface area contributed by atoms with E-state index in [4.69, 9.17) is 5.73 Å². The van der Waals surface area contributed by atoms with Crippen molar-refractivity contribution in [1.29, 1.82) is 0 Å². The number of nitrogens with zero attached hydrogens (tertiary/aromatic N) is 2. The quantitative estimate of drug-likeness (QED) is 0.875. The zero-order valence-electron chi connectivity index (χ0n) is 10.3. The van der Waals surface area contributed by atoms with Gasteiger partial charge in [-0.3, -0.25) is 0 Å². The van der Waals surface area contributed by atoms with Crippen LogP contribution in [0.1, 0.15) is 17.1 Å². The van der Waals surface area contributed by atoms with Crippen molar-refractivity contribution in [2.24, 2.45) is 5.73 Å². The molecule has 0 fully saturated rings. The topological polar surface area (TPSA) is 51.8 Å². The molecule has 1 aromatic carbocycles. The van der Waals surface area contributed by atoms with Gasteiger partial charge in [-0.1, -0.05) is 29.8 Å². The zero-order valence-corrected chi connectivity index (χ0v) is 10.3. The van der Waals surface area contributed by atoms with E-state index in [1.165, 1.54) is 5.56 Å². The van der Waals surface area contributed by atoms with Gasteiger partial charge in [0.1, 0.15) is 5.82 Å². The molecule has 2 N–H and O–H groups in total. The lowest BCUT2D eigenvalue weighted by atomic mass is 10.1. The van der Waals surface area contributed by atoms with Crippen LogP contribution in [0, 0.1) is 13.8 Å². The van der Waals surface area contributed by atoms with E-state index >= 15 is 0 Å². The molecule has 1 heterocycles. The first-order valence-electron chi connectivity index (χ1n) is 5.80. The van der Waals surface area contributed by atoms with Crippen LogP contribution in [0.15, 0.2) is 30.3 Å². The van der Waals surface area contributed by atoms with E-state index in [-0.39, 0.29) is 0 Å². The van der Waals surface area contributed by atoms with Crippen molar-refractivity contribution < 1.29 is 0 Å². The monoisotopic (exact) mass is 227 g/mol. The second-order valence-electron chi connectivity index (χ2n) is 4.20. The Kier molecular flexibility index (Phi) is 3.49. The fraction of sp³-hybridized carbons (Fsp3) is 0.286. The van der Waals surface area contributed by atoms with Crippen LogP contribution in [-0.2, 0) is 6.42 Å². The highest BCUT2D eigenvalue weighted by atomic mass is 14.9. The average Bonchev–Trinajstić information content (AvgIpc) is 2.29. The fourth-order valence-corrected chi connectivity index (χ4v) is 1.78. The molecule has 0 aliphatic carbocycles. The standard InChI is InChI=1S/C14H17N3/c1-10-3-5-12(6-4-10)14-9-13(7-8-15)16-11(2)17-14/h3-6,9H,7-8,15H2,1-2H3. The first-order chi connectivity index (χ1) is 8.19. The molecule has 0 unspecified atom stereocenters. The van der Waals surface area contributed by atoms with Crippen molar-refractivity contribution in [3.8, 4) is 11.3 Å². The zero-order chi connectivity index (χ0) is 12.3. The van der Waals surface area contributed by atoms with Crippen molar-refractivity contribution >= 4 is 0 Å². The van der Waals surface area contributed by atoms with Crippen LogP contribution in [0.3, 0.4) is 0 Å². The molecule has 0 amide bonds. The van der Waals surface area contributed by atoms with Crippen LogP contribution >= 0.6 is 0 Å². The Balaban J connectivity index is 2.40. The summed E-state index contributed by atoms with van der Waals surface area (Å²) >= 11 is 0. The molecular weight excluding hydrogens is 210 g/mol. The summed E-state index contributed by atoms with van der Waals surface area (Å²) < 4.78 is 0. The van der Waals surface area contributed by atoms with E-state index in [0.29, 0.717) is 6.54 Å². The van der Waals surface area contributed by atoms with Crippen molar-refractivity contribution in [3.05, 3.63) is 47.4 Å². The molecule has 0 radical (unpaired) electrons. The molecule has 1 aromatic heterocycles. The number of hydrogen-bond donors (Lipinski definition) is 1. The van der Waals surface area contributed by atoms with Gasteiger partial charge in [0.2, 0.25) is 0 Å². The minimum absolute atomic E-state index is 0.615. The van der Waals surface area contributed by atoms with Gasteiger partial charge in [0.15, 0.2) is 0 Å². The normalized spacial score (nSPS) is 10.5. The molecule has 0 saturated carbocycles. The van der Waals surface area contributed by atoms with Gasteiger partial charge in [-0.05, 0) is 26.5 Å². The highest BCUT2D eigenvalue weighted by Crippen LogP contribution is 2.18. The molecule has 17 heavy (non-hydrogen) atoms. The van der Waals surface area contributed by atoms with Crippen molar-refractivity contribution in [3.63, 3.8) is 0 Å². The summed E-state index contributed by atoms with van der Waals surface area (Å²) in [6.07, 6.45) is 0.794. The summed E-state index contributed by atoms with van der Waals surface area (Å²) in [5, 5.41) is 0. The van der Waals surface area contributed by atoms with E-state index in [1.807, 2.05) is 13.0 Å². The third-order valence-corrected chi connectivity index (χ3v) is 2.64. The molecular formula is C14H17N3. The van der Waals surface area contributed by atoms with Crippen LogP contribution < -0.4 is 5.73 Å². The van der Waals surface area contributed by atoms with Gasteiger partial charge in [0, 0.05) is 17.7 Å². The predicted molar refractivity (Wildman–Crippen MR) is 69.7 cm³/mol. The first kappa shape index (κ1) is 11.7. The molecule has 0 spiro atoms. The molecule has 0 aliphatic rings. The van der Waals surface area contributed by atoms with Gasteiger partial charge in [0.05, 0.1) is 5.69 Å². The fourth-order valence-electron chi connectivity index (χ4n) is 1.78. The van der Waals surface area contributed by atoms with E-state index in [2.05, 4.69) is 41.2 Å².